The first-order valence-electron chi connectivity index (χ1n) is 7.65. The number of rotatable bonds is 2. The van der Waals surface area contributed by atoms with Crippen LogP contribution in [0.4, 0.5) is 4.39 Å². The molecule has 2 aliphatic heterocycles. The maximum absolute atomic E-state index is 13.3. The Bertz CT molecular complexity index is 752. The Kier molecular flexibility index (Phi) is 3.36. The topological polar surface area (TPSA) is 37.4 Å². The van der Waals surface area contributed by atoms with Crippen molar-refractivity contribution in [2.24, 2.45) is 0 Å². The first-order valence-corrected chi connectivity index (χ1v) is 9.47. The van der Waals surface area contributed by atoms with E-state index in [1.807, 2.05) is 0 Å². The maximum atomic E-state index is 13.3. The average Bonchev–Trinajstić information content (AvgIpc) is 3.27. The molecule has 0 aromatic heterocycles. The molecule has 2 unspecified atom stereocenters. The molecule has 118 valence electrons. The monoisotopic (exact) mass is 341 g/mol. The van der Waals surface area contributed by atoms with Crippen molar-refractivity contribution in [2.45, 2.75) is 55.5 Å². The van der Waals surface area contributed by atoms with E-state index in [2.05, 4.69) is 0 Å². The van der Waals surface area contributed by atoms with Crippen LogP contribution in [0.2, 0.25) is 5.02 Å². The van der Waals surface area contributed by atoms with Crippen LogP contribution < -0.4 is 0 Å². The number of allylic oxidation sites excluding steroid dienone is 1. The Balaban J connectivity index is 1.69. The SMILES string of the molecule is O=S(=O)(c1ccc(F)c(Cl)c1)N1C2CCC1CC(=C1CC1)C2. The Morgan fingerprint density at radius 2 is 1.73 bits per heavy atom. The summed E-state index contributed by atoms with van der Waals surface area (Å²) in [5.41, 5.74) is 3.02. The number of benzene rings is 1. The highest BCUT2D eigenvalue weighted by Crippen LogP contribution is 2.46. The van der Waals surface area contributed by atoms with Crippen molar-refractivity contribution in [1.82, 2.24) is 4.31 Å². The Morgan fingerprint density at radius 3 is 2.27 bits per heavy atom. The molecule has 1 saturated carbocycles. The van der Waals surface area contributed by atoms with Crippen molar-refractivity contribution >= 4 is 21.6 Å². The van der Waals surface area contributed by atoms with Crippen LogP contribution in [0.3, 0.4) is 0 Å². The molecular formula is C16H17ClFNO2S. The largest absolute Gasteiger partial charge is 0.243 e. The molecule has 2 saturated heterocycles. The fraction of sp³-hybridized carbons (Fsp3) is 0.500. The van der Waals surface area contributed by atoms with Gasteiger partial charge in [0.25, 0.3) is 0 Å². The number of halogens is 2. The molecule has 0 N–H and O–H groups in total. The van der Waals surface area contributed by atoms with Gasteiger partial charge in [0.1, 0.15) is 5.82 Å². The maximum Gasteiger partial charge on any atom is 0.243 e. The van der Waals surface area contributed by atoms with Gasteiger partial charge in [-0.25, -0.2) is 12.8 Å². The second-order valence-electron chi connectivity index (χ2n) is 6.41. The Hall–Kier alpha value is -0.910. The van der Waals surface area contributed by atoms with Crippen molar-refractivity contribution in [1.29, 1.82) is 0 Å². The first-order chi connectivity index (χ1) is 10.5. The molecule has 3 fully saturated rings. The molecule has 1 aromatic carbocycles. The van der Waals surface area contributed by atoms with Gasteiger partial charge in [-0.2, -0.15) is 4.31 Å². The molecular weight excluding hydrogens is 325 g/mol. The summed E-state index contributed by atoms with van der Waals surface area (Å²) in [6, 6.07) is 3.76. The van der Waals surface area contributed by atoms with E-state index < -0.39 is 15.8 Å². The minimum absolute atomic E-state index is 0.0516. The van der Waals surface area contributed by atoms with Crippen LogP contribution in [-0.2, 0) is 10.0 Å². The van der Waals surface area contributed by atoms with Gasteiger partial charge >= 0.3 is 0 Å². The molecule has 0 radical (unpaired) electrons. The predicted octanol–water partition coefficient (Wildman–Crippen LogP) is 3.89. The molecule has 0 spiro atoms. The average molecular weight is 342 g/mol. The second-order valence-corrected chi connectivity index (χ2v) is 8.66. The van der Waals surface area contributed by atoms with Gasteiger partial charge in [0.05, 0.1) is 9.92 Å². The van der Waals surface area contributed by atoms with Crippen LogP contribution in [0, 0.1) is 5.82 Å². The van der Waals surface area contributed by atoms with Gasteiger partial charge in [-0.15, -0.1) is 0 Å². The molecule has 1 aliphatic carbocycles. The Morgan fingerprint density at radius 1 is 1.09 bits per heavy atom. The summed E-state index contributed by atoms with van der Waals surface area (Å²) in [4.78, 5) is 0.0957. The van der Waals surface area contributed by atoms with Crippen molar-refractivity contribution in [2.75, 3.05) is 0 Å². The predicted molar refractivity (Wildman–Crippen MR) is 82.7 cm³/mol. The summed E-state index contributed by atoms with van der Waals surface area (Å²) in [7, 11) is -3.61. The van der Waals surface area contributed by atoms with Crippen molar-refractivity contribution < 1.29 is 12.8 Å². The summed E-state index contributed by atoms with van der Waals surface area (Å²) in [5.74, 6) is -0.594. The zero-order valence-electron chi connectivity index (χ0n) is 12.1. The van der Waals surface area contributed by atoms with E-state index in [0.29, 0.717) is 0 Å². The number of piperidine rings is 1. The molecule has 2 bridgehead atoms. The molecule has 4 rings (SSSR count). The molecule has 3 nitrogen and oxygen atoms in total. The van der Waals surface area contributed by atoms with E-state index >= 15 is 0 Å². The van der Waals surface area contributed by atoms with Gasteiger partial charge in [-0.1, -0.05) is 22.7 Å². The van der Waals surface area contributed by atoms with E-state index in [0.717, 1.165) is 31.7 Å². The number of hydrogen-bond donors (Lipinski definition) is 0. The van der Waals surface area contributed by atoms with E-state index in [1.54, 1.807) is 9.88 Å². The highest BCUT2D eigenvalue weighted by molar-refractivity contribution is 7.89. The number of sulfonamides is 1. The van der Waals surface area contributed by atoms with Crippen LogP contribution in [-0.4, -0.2) is 24.8 Å². The van der Waals surface area contributed by atoms with Gasteiger partial charge in [0, 0.05) is 12.1 Å². The summed E-state index contributed by atoms with van der Waals surface area (Å²) in [6.45, 7) is 0. The second kappa shape index (κ2) is 5.05. The molecule has 6 heteroatoms. The normalized spacial score (nSPS) is 28.3. The van der Waals surface area contributed by atoms with Crippen molar-refractivity contribution in [3.8, 4) is 0 Å². The third-order valence-corrected chi connectivity index (χ3v) is 7.27. The quantitative estimate of drug-likeness (QED) is 0.765. The number of nitrogens with zero attached hydrogens (tertiary/aromatic N) is 1. The van der Waals surface area contributed by atoms with Gasteiger partial charge in [-0.05, 0) is 56.7 Å². The highest BCUT2D eigenvalue weighted by Gasteiger charge is 2.46. The zero-order valence-corrected chi connectivity index (χ0v) is 13.6. The van der Waals surface area contributed by atoms with E-state index in [4.69, 9.17) is 11.6 Å². The molecule has 1 aromatic rings. The van der Waals surface area contributed by atoms with E-state index in [1.165, 1.54) is 30.5 Å². The molecule has 3 aliphatic rings. The zero-order chi connectivity index (χ0) is 15.5. The number of hydrogen-bond acceptors (Lipinski definition) is 2. The fourth-order valence-electron chi connectivity index (χ4n) is 3.83. The fourth-order valence-corrected chi connectivity index (χ4v) is 5.97. The summed E-state index contributed by atoms with van der Waals surface area (Å²) in [6.07, 6.45) is 5.93. The lowest BCUT2D eigenvalue weighted by molar-refractivity contribution is 0.284. The van der Waals surface area contributed by atoms with E-state index in [9.17, 15) is 12.8 Å². The van der Waals surface area contributed by atoms with Crippen molar-refractivity contribution in [3.05, 3.63) is 40.2 Å². The summed E-state index contributed by atoms with van der Waals surface area (Å²) >= 11 is 5.75. The lowest BCUT2D eigenvalue weighted by Crippen LogP contribution is -2.44. The molecule has 2 heterocycles. The van der Waals surface area contributed by atoms with Gasteiger partial charge < -0.3 is 0 Å². The van der Waals surface area contributed by atoms with E-state index in [-0.39, 0.29) is 22.0 Å². The third kappa shape index (κ3) is 2.30. The minimum atomic E-state index is -3.61. The summed E-state index contributed by atoms with van der Waals surface area (Å²) in [5, 5.41) is -0.147. The molecule has 2 atom stereocenters. The van der Waals surface area contributed by atoms with Gasteiger partial charge in [-0.3, -0.25) is 0 Å². The van der Waals surface area contributed by atoms with Gasteiger partial charge in [0.2, 0.25) is 10.0 Å². The van der Waals surface area contributed by atoms with Crippen LogP contribution in [0.5, 0.6) is 0 Å². The highest BCUT2D eigenvalue weighted by atomic mass is 35.5. The van der Waals surface area contributed by atoms with Gasteiger partial charge in [0.15, 0.2) is 0 Å². The van der Waals surface area contributed by atoms with Crippen LogP contribution in [0.15, 0.2) is 34.2 Å². The first kappa shape index (κ1) is 14.7. The molecule has 0 amide bonds. The minimum Gasteiger partial charge on any atom is -0.207 e. The molecule has 22 heavy (non-hydrogen) atoms. The third-order valence-electron chi connectivity index (χ3n) is 4.98. The van der Waals surface area contributed by atoms with Crippen LogP contribution >= 0.6 is 11.6 Å². The summed E-state index contributed by atoms with van der Waals surface area (Å²) < 4.78 is 40.8. The van der Waals surface area contributed by atoms with Crippen LogP contribution in [0.25, 0.3) is 0 Å². The lowest BCUT2D eigenvalue weighted by atomic mass is 9.98. The standard InChI is InChI=1S/C16H17ClFNO2S/c17-15-9-14(5-6-16(15)18)22(20,21)19-12-3-4-13(19)8-11(7-12)10-1-2-10/h5-6,9,12-13H,1-4,7-8H2. The Labute approximate surface area is 134 Å². The van der Waals surface area contributed by atoms with Crippen molar-refractivity contribution in [3.63, 3.8) is 0 Å². The number of fused-ring (bicyclic) bond motifs is 2. The lowest BCUT2D eigenvalue weighted by Gasteiger charge is -2.35. The van der Waals surface area contributed by atoms with Crippen LogP contribution in [0.1, 0.15) is 38.5 Å². The smallest absolute Gasteiger partial charge is 0.207 e.